The van der Waals surface area contributed by atoms with Crippen LogP contribution in [-0.4, -0.2) is 36.2 Å². The Kier molecular flexibility index (Phi) is 12.9. The lowest BCUT2D eigenvalue weighted by atomic mass is 10.1. The number of hydrogen-bond acceptors (Lipinski definition) is 2. The normalized spacial score (nSPS) is 11.2. The van der Waals surface area contributed by atoms with E-state index in [-0.39, 0.29) is 0 Å². The maximum atomic E-state index is 8.97. The van der Waals surface area contributed by atoms with Gasteiger partial charge in [-0.05, 0) is 25.9 Å². The van der Waals surface area contributed by atoms with Crippen LogP contribution < -0.4 is 0 Å². The van der Waals surface area contributed by atoms with Crippen LogP contribution in [0.2, 0.25) is 0 Å². The Balaban J connectivity index is 3.36. The Labute approximate surface area is 102 Å². The molecule has 0 heterocycles. The van der Waals surface area contributed by atoms with Crippen molar-refractivity contribution in [1.82, 2.24) is 4.90 Å². The highest BCUT2D eigenvalue weighted by molar-refractivity contribution is 4.57. The van der Waals surface area contributed by atoms with Crippen molar-refractivity contribution < 1.29 is 5.11 Å². The van der Waals surface area contributed by atoms with Crippen molar-refractivity contribution in [3.63, 3.8) is 0 Å². The first-order valence-corrected chi connectivity index (χ1v) is 7.18. The van der Waals surface area contributed by atoms with Gasteiger partial charge >= 0.3 is 0 Å². The van der Waals surface area contributed by atoms with Crippen molar-refractivity contribution in [2.75, 3.05) is 26.2 Å². The van der Waals surface area contributed by atoms with Gasteiger partial charge in [0.15, 0.2) is 0 Å². The summed E-state index contributed by atoms with van der Waals surface area (Å²) < 4.78 is 0. The average molecular weight is 229 g/mol. The van der Waals surface area contributed by atoms with Gasteiger partial charge in [-0.25, -0.2) is 0 Å². The molecule has 1 N–H and O–H groups in total. The second-order valence-electron chi connectivity index (χ2n) is 4.69. The van der Waals surface area contributed by atoms with Gasteiger partial charge in [0.1, 0.15) is 0 Å². The number of nitrogens with zero attached hydrogens (tertiary/aromatic N) is 1. The minimum atomic E-state index is 0.305. The molecule has 2 nitrogen and oxygen atoms in total. The Morgan fingerprint density at radius 1 is 0.688 bits per heavy atom. The van der Waals surface area contributed by atoms with Crippen LogP contribution in [0.15, 0.2) is 0 Å². The quantitative estimate of drug-likeness (QED) is 0.518. The van der Waals surface area contributed by atoms with E-state index in [1.807, 2.05) is 0 Å². The van der Waals surface area contributed by atoms with Crippen LogP contribution in [0.5, 0.6) is 0 Å². The summed E-state index contributed by atoms with van der Waals surface area (Å²) in [7, 11) is 0. The molecule has 98 valence electrons. The van der Waals surface area contributed by atoms with Gasteiger partial charge in [-0.2, -0.15) is 0 Å². The van der Waals surface area contributed by atoms with Gasteiger partial charge in [0.05, 0.1) is 6.61 Å². The van der Waals surface area contributed by atoms with Crippen LogP contribution in [-0.2, 0) is 0 Å². The predicted molar refractivity (Wildman–Crippen MR) is 71.8 cm³/mol. The molecule has 0 fully saturated rings. The van der Waals surface area contributed by atoms with E-state index in [4.69, 9.17) is 5.11 Å². The molecule has 0 amide bonds. The van der Waals surface area contributed by atoms with E-state index in [9.17, 15) is 0 Å². The Bertz CT molecular complexity index is 128. The summed E-state index contributed by atoms with van der Waals surface area (Å²) >= 11 is 0. The third kappa shape index (κ3) is 10.4. The van der Waals surface area contributed by atoms with E-state index in [1.54, 1.807) is 0 Å². The van der Waals surface area contributed by atoms with Gasteiger partial charge in [0.2, 0.25) is 0 Å². The minimum absolute atomic E-state index is 0.305. The molecule has 0 atom stereocenters. The van der Waals surface area contributed by atoms with Crippen molar-refractivity contribution in [1.29, 1.82) is 0 Å². The Morgan fingerprint density at radius 3 is 1.88 bits per heavy atom. The van der Waals surface area contributed by atoms with Crippen LogP contribution in [0, 0.1) is 0 Å². The zero-order valence-electron chi connectivity index (χ0n) is 11.4. The summed E-state index contributed by atoms with van der Waals surface area (Å²) in [5.41, 5.74) is 0. The molecular formula is C14H31NO. The van der Waals surface area contributed by atoms with Gasteiger partial charge in [0.25, 0.3) is 0 Å². The van der Waals surface area contributed by atoms with Gasteiger partial charge in [-0.3, -0.25) is 0 Å². The van der Waals surface area contributed by atoms with Crippen LogP contribution in [0.4, 0.5) is 0 Å². The van der Waals surface area contributed by atoms with E-state index in [1.165, 1.54) is 57.9 Å². The molecule has 16 heavy (non-hydrogen) atoms. The molecule has 2 heteroatoms. The van der Waals surface area contributed by atoms with E-state index < -0.39 is 0 Å². The second-order valence-corrected chi connectivity index (χ2v) is 4.69. The monoisotopic (exact) mass is 229 g/mol. The SMILES string of the molecule is CCCCCCCCN(CCO)CCCC. The molecule has 0 aliphatic rings. The molecule has 0 aromatic heterocycles. The van der Waals surface area contributed by atoms with Crippen LogP contribution >= 0.6 is 0 Å². The minimum Gasteiger partial charge on any atom is -0.395 e. The fraction of sp³-hybridized carbons (Fsp3) is 1.00. The number of aliphatic hydroxyl groups is 1. The zero-order valence-corrected chi connectivity index (χ0v) is 11.4. The zero-order chi connectivity index (χ0) is 12.1. The lowest BCUT2D eigenvalue weighted by Gasteiger charge is -2.20. The number of rotatable bonds is 12. The highest BCUT2D eigenvalue weighted by Gasteiger charge is 2.02. The van der Waals surface area contributed by atoms with E-state index in [2.05, 4.69) is 18.7 Å². The maximum Gasteiger partial charge on any atom is 0.0558 e. The summed E-state index contributed by atoms with van der Waals surface area (Å²) in [6.07, 6.45) is 10.7. The number of aliphatic hydroxyl groups excluding tert-OH is 1. The van der Waals surface area contributed by atoms with Crippen molar-refractivity contribution >= 4 is 0 Å². The average Bonchev–Trinajstić information content (AvgIpc) is 2.30. The topological polar surface area (TPSA) is 23.5 Å². The first-order chi connectivity index (χ1) is 7.85. The Hall–Kier alpha value is -0.0800. The molecule has 0 bridgehead atoms. The first-order valence-electron chi connectivity index (χ1n) is 7.18. The largest absolute Gasteiger partial charge is 0.395 e. The highest BCUT2D eigenvalue weighted by Crippen LogP contribution is 2.06. The van der Waals surface area contributed by atoms with Crippen LogP contribution in [0.1, 0.15) is 65.2 Å². The maximum absolute atomic E-state index is 8.97. The van der Waals surface area contributed by atoms with Crippen molar-refractivity contribution in [2.24, 2.45) is 0 Å². The fourth-order valence-electron chi connectivity index (χ4n) is 1.97. The standard InChI is InChI=1S/C14H31NO/c1-3-5-7-8-9-10-12-15(13-14-16)11-6-4-2/h16H,3-14H2,1-2H3. The van der Waals surface area contributed by atoms with Crippen molar-refractivity contribution in [3.8, 4) is 0 Å². The predicted octanol–water partition coefficient (Wildman–Crippen LogP) is 3.44. The summed E-state index contributed by atoms with van der Waals surface area (Å²) in [6, 6.07) is 0. The third-order valence-electron chi connectivity index (χ3n) is 3.07. The molecule has 0 aromatic rings. The van der Waals surface area contributed by atoms with Crippen LogP contribution in [0.25, 0.3) is 0 Å². The molecular weight excluding hydrogens is 198 g/mol. The summed E-state index contributed by atoms with van der Waals surface area (Å²) in [5, 5.41) is 8.97. The molecule has 0 aromatic carbocycles. The van der Waals surface area contributed by atoms with Crippen molar-refractivity contribution in [3.05, 3.63) is 0 Å². The molecule has 0 rings (SSSR count). The summed E-state index contributed by atoms with van der Waals surface area (Å²) in [6.45, 7) is 7.98. The summed E-state index contributed by atoms with van der Waals surface area (Å²) in [4.78, 5) is 2.41. The summed E-state index contributed by atoms with van der Waals surface area (Å²) in [5.74, 6) is 0. The highest BCUT2D eigenvalue weighted by atomic mass is 16.3. The third-order valence-corrected chi connectivity index (χ3v) is 3.07. The Morgan fingerprint density at radius 2 is 1.25 bits per heavy atom. The molecule has 0 spiro atoms. The molecule has 0 saturated carbocycles. The van der Waals surface area contributed by atoms with E-state index >= 15 is 0 Å². The van der Waals surface area contributed by atoms with E-state index in [0.717, 1.165) is 13.1 Å². The smallest absolute Gasteiger partial charge is 0.0558 e. The molecule has 0 aliphatic carbocycles. The second kappa shape index (κ2) is 13.0. The number of unbranched alkanes of at least 4 members (excludes halogenated alkanes) is 6. The van der Waals surface area contributed by atoms with Gasteiger partial charge in [-0.1, -0.05) is 52.4 Å². The van der Waals surface area contributed by atoms with Gasteiger partial charge in [-0.15, -0.1) is 0 Å². The van der Waals surface area contributed by atoms with Gasteiger partial charge < -0.3 is 10.0 Å². The fourth-order valence-corrected chi connectivity index (χ4v) is 1.97. The first kappa shape index (κ1) is 15.9. The van der Waals surface area contributed by atoms with Crippen LogP contribution in [0.3, 0.4) is 0 Å². The lowest BCUT2D eigenvalue weighted by molar-refractivity contribution is 0.191. The van der Waals surface area contributed by atoms with Crippen molar-refractivity contribution in [2.45, 2.75) is 65.2 Å². The van der Waals surface area contributed by atoms with E-state index in [0.29, 0.717) is 6.61 Å². The molecule has 0 saturated heterocycles. The molecule has 0 unspecified atom stereocenters. The lowest BCUT2D eigenvalue weighted by Crippen LogP contribution is -2.29. The van der Waals surface area contributed by atoms with Gasteiger partial charge in [0, 0.05) is 6.54 Å². The molecule has 0 aliphatic heterocycles. The number of hydrogen-bond donors (Lipinski definition) is 1. The molecule has 0 radical (unpaired) electrons.